The minimum absolute atomic E-state index is 0.0866. The molecule has 0 saturated heterocycles. The number of thiazole rings is 1. The average Bonchev–Trinajstić information content (AvgIpc) is 2.89. The van der Waals surface area contributed by atoms with Gasteiger partial charge < -0.3 is 10.4 Å². The minimum atomic E-state index is -1.01. The van der Waals surface area contributed by atoms with Crippen LogP contribution in [0.4, 0.5) is 0 Å². The fourth-order valence-corrected chi connectivity index (χ4v) is 3.15. The molecule has 2 aromatic heterocycles. The highest BCUT2D eigenvalue weighted by Gasteiger charge is 2.22. The number of aromatic nitrogens is 3. The molecule has 0 bridgehead atoms. The summed E-state index contributed by atoms with van der Waals surface area (Å²) < 4.78 is 0. The van der Waals surface area contributed by atoms with E-state index in [-0.39, 0.29) is 16.7 Å². The Hall–Kier alpha value is -2.35. The first-order valence-electron chi connectivity index (χ1n) is 7.55. The van der Waals surface area contributed by atoms with Gasteiger partial charge in [-0.1, -0.05) is 13.8 Å². The molecule has 0 fully saturated rings. The van der Waals surface area contributed by atoms with Gasteiger partial charge >= 0.3 is 5.97 Å². The Morgan fingerprint density at radius 2 is 1.88 bits per heavy atom. The normalized spacial score (nSPS) is 12.2. The monoisotopic (exact) mass is 348 g/mol. The molecule has 1 atom stereocenters. The van der Waals surface area contributed by atoms with Gasteiger partial charge in [0.1, 0.15) is 15.7 Å². The smallest absolute Gasteiger partial charge is 0.347 e. The zero-order valence-electron chi connectivity index (χ0n) is 14.2. The first kappa shape index (κ1) is 18.0. The van der Waals surface area contributed by atoms with Crippen LogP contribution in [-0.4, -0.2) is 31.9 Å². The number of carbonyl (C=O) groups is 2. The van der Waals surface area contributed by atoms with Crippen molar-refractivity contribution in [1.29, 1.82) is 0 Å². The second-order valence-corrected chi connectivity index (χ2v) is 6.87. The van der Waals surface area contributed by atoms with E-state index in [9.17, 15) is 9.59 Å². The van der Waals surface area contributed by atoms with Gasteiger partial charge in [-0.25, -0.2) is 19.7 Å². The van der Waals surface area contributed by atoms with Crippen molar-refractivity contribution in [3.63, 3.8) is 0 Å². The average molecular weight is 348 g/mol. The van der Waals surface area contributed by atoms with E-state index in [1.54, 1.807) is 20.8 Å². The molecule has 2 N–H and O–H groups in total. The van der Waals surface area contributed by atoms with E-state index in [4.69, 9.17) is 5.11 Å². The maximum absolute atomic E-state index is 12.6. The Kier molecular flexibility index (Phi) is 5.28. The molecule has 24 heavy (non-hydrogen) atoms. The molecule has 1 unspecified atom stereocenters. The third kappa shape index (κ3) is 3.76. The van der Waals surface area contributed by atoms with Crippen LogP contribution in [0.5, 0.6) is 0 Å². The zero-order chi connectivity index (χ0) is 18.0. The summed E-state index contributed by atoms with van der Waals surface area (Å²) in [6.45, 7) is 9.12. The van der Waals surface area contributed by atoms with Gasteiger partial charge in [0.2, 0.25) is 0 Å². The number of aryl methyl sites for hydroxylation is 2. The molecule has 0 aromatic carbocycles. The molecule has 0 aliphatic rings. The lowest BCUT2D eigenvalue weighted by molar-refractivity contribution is 0.0701. The Bertz CT molecular complexity index is 786. The van der Waals surface area contributed by atoms with Crippen LogP contribution in [-0.2, 0) is 0 Å². The predicted octanol–water partition coefficient (Wildman–Crippen LogP) is 2.86. The first-order chi connectivity index (χ1) is 11.2. The summed E-state index contributed by atoms with van der Waals surface area (Å²) in [6, 6.07) is -0.407. The fraction of sp³-hybridized carbons (Fsp3) is 0.438. The third-order valence-electron chi connectivity index (χ3n) is 3.46. The third-order valence-corrected chi connectivity index (χ3v) is 4.78. The summed E-state index contributed by atoms with van der Waals surface area (Å²) in [7, 11) is 0. The van der Waals surface area contributed by atoms with Gasteiger partial charge in [-0.05, 0) is 26.7 Å². The van der Waals surface area contributed by atoms with Crippen LogP contribution in [0.3, 0.4) is 0 Å². The van der Waals surface area contributed by atoms with E-state index in [1.807, 2.05) is 13.8 Å². The van der Waals surface area contributed by atoms with Gasteiger partial charge in [0.05, 0.1) is 23.0 Å². The van der Waals surface area contributed by atoms with Crippen molar-refractivity contribution < 1.29 is 14.7 Å². The molecule has 0 spiro atoms. The number of carbonyl (C=O) groups excluding carboxylic acids is 1. The Morgan fingerprint density at radius 3 is 2.42 bits per heavy atom. The summed E-state index contributed by atoms with van der Waals surface area (Å²) in [6.07, 6.45) is 1.52. The number of hydrogen-bond donors (Lipinski definition) is 2. The van der Waals surface area contributed by atoms with Crippen molar-refractivity contribution in [2.24, 2.45) is 0 Å². The summed E-state index contributed by atoms with van der Waals surface area (Å²) >= 11 is 1.07. The van der Waals surface area contributed by atoms with Gasteiger partial charge in [-0.2, -0.15) is 0 Å². The van der Waals surface area contributed by atoms with Gasteiger partial charge in [-0.3, -0.25) is 4.79 Å². The van der Waals surface area contributed by atoms with E-state index >= 15 is 0 Å². The molecule has 7 nitrogen and oxygen atoms in total. The van der Waals surface area contributed by atoms with E-state index in [0.717, 1.165) is 11.3 Å². The lowest BCUT2D eigenvalue weighted by atomic mass is 10.0. The Labute approximate surface area is 144 Å². The van der Waals surface area contributed by atoms with Crippen LogP contribution in [0.15, 0.2) is 6.20 Å². The molecule has 1 amide bonds. The summed E-state index contributed by atoms with van der Waals surface area (Å²) in [5.74, 6) is -0.604. The van der Waals surface area contributed by atoms with Crippen molar-refractivity contribution in [3.8, 4) is 0 Å². The Balaban J connectivity index is 2.23. The number of amides is 1. The number of rotatable bonds is 5. The van der Waals surface area contributed by atoms with Gasteiger partial charge in [0.15, 0.2) is 0 Å². The standard InChI is InChI=1S/C16H20N4O3S/c1-7(2)12-11(6-17-10(5)20-12)14(21)18-9(4)15-19-8(3)13(24-15)16(22)23/h6-7,9H,1-5H3,(H,18,21)(H,22,23). The molecule has 8 heteroatoms. The molecule has 2 aromatic rings. The SMILES string of the molecule is Cc1ncc(C(=O)NC(C)c2nc(C)c(C(=O)O)s2)c(C(C)C)n1. The summed E-state index contributed by atoms with van der Waals surface area (Å²) in [4.78, 5) is 36.6. The number of carboxylic acids is 1. The summed E-state index contributed by atoms with van der Waals surface area (Å²) in [5, 5.41) is 12.5. The number of hydrogen-bond acceptors (Lipinski definition) is 6. The lowest BCUT2D eigenvalue weighted by Gasteiger charge is -2.15. The van der Waals surface area contributed by atoms with Crippen molar-refractivity contribution in [3.05, 3.63) is 38.9 Å². The van der Waals surface area contributed by atoms with Crippen molar-refractivity contribution in [1.82, 2.24) is 20.3 Å². The topological polar surface area (TPSA) is 105 Å². The van der Waals surface area contributed by atoms with E-state index in [0.29, 0.717) is 27.8 Å². The molecule has 128 valence electrons. The van der Waals surface area contributed by atoms with Crippen LogP contribution in [0.1, 0.15) is 75.0 Å². The number of nitrogens with zero attached hydrogens (tertiary/aromatic N) is 3. The minimum Gasteiger partial charge on any atom is -0.477 e. The maximum atomic E-state index is 12.6. The van der Waals surface area contributed by atoms with Crippen LogP contribution in [0, 0.1) is 13.8 Å². The van der Waals surface area contributed by atoms with Crippen molar-refractivity contribution >= 4 is 23.2 Å². The number of aromatic carboxylic acids is 1. The first-order valence-corrected chi connectivity index (χ1v) is 8.37. The zero-order valence-corrected chi connectivity index (χ0v) is 15.1. The number of nitrogens with one attached hydrogen (secondary N) is 1. The van der Waals surface area contributed by atoms with Crippen LogP contribution in [0.25, 0.3) is 0 Å². The number of carboxylic acid groups (broad SMARTS) is 1. The van der Waals surface area contributed by atoms with E-state index in [2.05, 4.69) is 20.3 Å². The van der Waals surface area contributed by atoms with Crippen LogP contribution >= 0.6 is 11.3 Å². The lowest BCUT2D eigenvalue weighted by Crippen LogP contribution is -2.28. The fourth-order valence-electron chi connectivity index (χ4n) is 2.24. The molecule has 2 heterocycles. The molecule has 0 aliphatic heterocycles. The quantitative estimate of drug-likeness (QED) is 0.861. The molecule has 0 saturated carbocycles. The molecular weight excluding hydrogens is 328 g/mol. The maximum Gasteiger partial charge on any atom is 0.347 e. The highest BCUT2D eigenvalue weighted by atomic mass is 32.1. The summed E-state index contributed by atoms with van der Waals surface area (Å²) in [5.41, 5.74) is 1.56. The predicted molar refractivity (Wildman–Crippen MR) is 90.5 cm³/mol. The van der Waals surface area contributed by atoms with Crippen molar-refractivity contribution in [2.45, 2.75) is 46.6 Å². The van der Waals surface area contributed by atoms with Gasteiger partial charge in [-0.15, -0.1) is 11.3 Å². The highest BCUT2D eigenvalue weighted by Crippen LogP contribution is 2.24. The van der Waals surface area contributed by atoms with E-state index < -0.39 is 12.0 Å². The van der Waals surface area contributed by atoms with Crippen LogP contribution in [0.2, 0.25) is 0 Å². The molecule has 2 rings (SSSR count). The molecule has 0 aliphatic carbocycles. The second kappa shape index (κ2) is 7.04. The largest absolute Gasteiger partial charge is 0.477 e. The second-order valence-electron chi connectivity index (χ2n) is 5.84. The van der Waals surface area contributed by atoms with E-state index in [1.165, 1.54) is 6.20 Å². The van der Waals surface area contributed by atoms with Crippen LogP contribution < -0.4 is 5.32 Å². The molecule has 0 radical (unpaired) electrons. The highest BCUT2D eigenvalue weighted by molar-refractivity contribution is 7.13. The van der Waals surface area contributed by atoms with Crippen molar-refractivity contribution in [2.75, 3.05) is 0 Å². The molecular formula is C16H20N4O3S. The Morgan fingerprint density at radius 1 is 1.21 bits per heavy atom. The van der Waals surface area contributed by atoms with Gasteiger partial charge in [0.25, 0.3) is 5.91 Å². The van der Waals surface area contributed by atoms with Gasteiger partial charge in [0, 0.05) is 6.20 Å².